The number of benzene rings is 2. The number of hydrogen-bond donors (Lipinski definition) is 2. The fraction of sp³-hybridized carbons (Fsp3) is 0.211. The highest BCUT2D eigenvalue weighted by Gasteiger charge is 2.31. The summed E-state index contributed by atoms with van der Waals surface area (Å²) in [6.45, 7) is 0.229. The van der Waals surface area contributed by atoms with Crippen LogP contribution in [0, 0.1) is 0 Å². The summed E-state index contributed by atoms with van der Waals surface area (Å²) in [5, 5.41) is 10.4. The molecule has 0 bridgehead atoms. The number of guanidine groups is 1. The second kappa shape index (κ2) is 9.49. The summed E-state index contributed by atoms with van der Waals surface area (Å²) >= 11 is 5.86. The van der Waals surface area contributed by atoms with Crippen molar-refractivity contribution in [2.75, 3.05) is 7.05 Å². The number of para-hydroxylation sites is 1. The van der Waals surface area contributed by atoms with Crippen LogP contribution >= 0.6 is 11.6 Å². The Morgan fingerprint density at radius 1 is 1.10 bits per heavy atom. The fourth-order valence-corrected chi connectivity index (χ4v) is 2.60. The van der Waals surface area contributed by atoms with Crippen LogP contribution in [-0.4, -0.2) is 29.5 Å². The first-order chi connectivity index (χ1) is 14.3. The third-order valence-corrected chi connectivity index (χ3v) is 4.10. The van der Waals surface area contributed by atoms with Crippen molar-refractivity contribution in [3.63, 3.8) is 0 Å². The van der Waals surface area contributed by atoms with Crippen molar-refractivity contribution in [1.82, 2.24) is 20.8 Å². The minimum atomic E-state index is -4.77. The zero-order valence-electron chi connectivity index (χ0n) is 15.7. The number of halogens is 4. The lowest BCUT2D eigenvalue weighted by molar-refractivity contribution is -0.274. The molecule has 0 fully saturated rings. The summed E-state index contributed by atoms with van der Waals surface area (Å²) < 4.78 is 46.8. The molecule has 0 spiro atoms. The topological polar surface area (TPSA) is 84.6 Å². The molecule has 30 heavy (non-hydrogen) atoms. The summed E-state index contributed by atoms with van der Waals surface area (Å²) in [6.07, 6.45) is -4.77. The minimum absolute atomic E-state index is 0.0613. The second-order valence-corrected chi connectivity index (χ2v) is 6.39. The number of aromatic nitrogens is 2. The highest BCUT2D eigenvalue weighted by atomic mass is 35.5. The van der Waals surface area contributed by atoms with E-state index in [4.69, 9.17) is 16.1 Å². The van der Waals surface area contributed by atoms with Gasteiger partial charge in [-0.15, -0.1) is 13.2 Å². The fourth-order valence-electron chi connectivity index (χ4n) is 2.48. The van der Waals surface area contributed by atoms with E-state index >= 15 is 0 Å². The number of hydrogen-bond acceptors (Lipinski definition) is 5. The van der Waals surface area contributed by atoms with Crippen LogP contribution in [0.15, 0.2) is 58.0 Å². The van der Waals surface area contributed by atoms with Gasteiger partial charge in [0.25, 0.3) is 0 Å². The van der Waals surface area contributed by atoms with Gasteiger partial charge in [-0.05, 0) is 30.3 Å². The average Bonchev–Trinajstić information content (AvgIpc) is 3.17. The maximum Gasteiger partial charge on any atom is 0.573 e. The Morgan fingerprint density at radius 3 is 2.50 bits per heavy atom. The van der Waals surface area contributed by atoms with Gasteiger partial charge in [-0.1, -0.05) is 35.0 Å². The lowest BCUT2D eigenvalue weighted by Crippen LogP contribution is -2.36. The lowest BCUT2D eigenvalue weighted by atomic mass is 10.2. The zero-order chi connectivity index (χ0) is 21.6. The molecule has 1 heterocycles. The molecular weight excluding hydrogens is 423 g/mol. The molecule has 3 aromatic rings. The van der Waals surface area contributed by atoms with Crippen molar-refractivity contribution in [2.24, 2.45) is 4.99 Å². The molecule has 7 nitrogen and oxygen atoms in total. The van der Waals surface area contributed by atoms with Gasteiger partial charge in [-0.2, -0.15) is 4.98 Å². The smallest absolute Gasteiger partial charge is 0.405 e. The SMILES string of the molecule is CN=C(NCc1nc(-c2ccc(Cl)cc2)no1)NCc1ccccc1OC(F)(F)F. The summed E-state index contributed by atoms with van der Waals surface area (Å²) in [5.41, 5.74) is 1.07. The van der Waals surface area contributed by atoms with Crippen LogP contribution in [0.4, 0.5) is 13.2 Å². The number of rotatable bonds is 6. The van der Waals surface area contributed by atoms with Gasteiger partial charge in [-0.3, -0.25) is 4.99 Å². The molecule has 0 atom stereocenters. The molecule has 2 aromatic carbocycles. The molecule has 1 aromatic heterocycles. The predicted molar refractivity (Wildman–Crippen MR) is 105 cm³/mol. The summed E-state index contributed by atoms with van der Waals surface area (Å²) in [7, 11) is 1.53. The first-order valence-corrected chi connectivity index (χ1v) is 9.08. The van der Waals surface area contributed by atoms with Crippen LogP contribution in [0.5, 0.6) is 5.75 Å². The number of ether oxygens (including phenoxy) is 1. The molecule has 0 aliphatic carbocycles. The molecule has 0 unspecified atom stereocenters. The van der Waals surface area contributed by atoms with Crippen LogP contribution in [0.2, 0.25) is 5.02 Å². The van der Waals surface area contributed by atoms with Gasteiger partial charge < -0.3 is 19.9 Å². The van der Waals surface area contributed by atoms with Crippen LogP contribution in [0.3, 0.4) is 0 Å². The summed E-state index contributed by atoms with van der Waals surface area (Å²) in [5.74, 6) is 0.772. The first-order valence-electron chi connectivity index (χ1n) is 8.71. The predicted octanol–water partition coefficient (Wildman–Crippen LogP) is 4.15. The Bertz CT molecular complexity index is 1010. The van der Waals surface area contributed by atoms with Crippen molar-refractivity contribution in [3.8, 4) is 17.1 Å². The molecule has 0 saturated carbocycles. The Kier molecular flexibility index (Phi) is 6.78. The molecule has 2 N–H and O–H groups in total. The molecule has 0 amide bonds. The van der Waals surface area contributed by atoms with Crippen LogP contribution < -0.4 is 15.4 Å². The van der Waals surface area contributed by atoms with E-state index in [2.05, 4.69) is 30.5 Å². The normalized spacial score (nSPS) is 12.0. The third kappa shape index (κ3) is 6.11. The van der Waals surface area contributed by atoms with Crippen molar-refractivity contribution in [1.29, 1.82) is 0 Å². The van der Waals surface area contributed by atoms with E-state index in [-0.39, 0.29) is 18.8 Å². The summed E-state index contributed by atoms with van der Waals surface area (Å²) in [4.78, 5) is 8.30. The van der Waals surface area contributed by atoms with Gasteiger partial charge in [0.15, 0.2) is 5.96 Å². The highest BCUT2D eigenvalue weighted by Crippen LogP contribution is 2.26. The minimum Gasteiger partial charge on any atom is -0.405 e. The number of alkyl halides is 3. The van der Waals surface area contributed by atoms with E-state index in [1.807, 2.05) is 0 Å². The number of nitrogens with zero attached hydrogens (tertiary/aromatic N) is 3. The Hall–Kier alpha value is -3.27. The van der Waals surface area contributed by atoms with Gasteiger partial charge >= 0.3 is 6.36 Å². The van der Waals surface area contributed by atoms with Gasteiger partial charge in [0.05, 0.1) is 6.54 Å². The number of aliphatic imine (C=N–C) groups is 1. The zero-order valence-corrected chi connectivity index (χ0v) is 16.5. The molecular formula is C19H17ClF3N5O2. The largest absolute Gasteiger partial charge is 0.573 e. The van der Waals surface area contributed by atoms with E-state index in [1.54, 1.807) is 30.3 Å². The van der Waals surface area contributed by atoms with Crippen molar-refractivity contribution >= 4 is 17.6 Å². The summed E-state index contributed by atoms with van der Waals surface area (Å²) in [6, 6.07) is 12.8. The molecule has 11 heteroatoms. The van der Waals surface area contributed by atoms with E-state index in [9.17, 15) is 13.2 Å². The van der Waals surface area contributed by atoms with Crippen molar-refractivity contribution in [2.45, 2.75) is 19.5 Å². The standard InChI is InChI=1S/C19H17ClF3N5O2/c1-24-18(25-10-13-4-2-3-5-15(13)29-19(21,22)23)26-11-16-27-17(28-30-16)12-6-8-14(20)9-7-12/h2-9H,10-11H2,1H3,(H2,24,25,26). The maximum atomic E-state index is 12.5. The van der Waals surface area contributed by atoms with E-state index in [1.165, 1.54) is 25.2 Å². The van der Waals surface area contributed by atoms with Gasteiger partial charge in [0.2, 0.25) is 11.7 Å². The van der Waals surface area contributed by atoms with Gasteiger partial charge in [-0.25, -0.2) is 0 Å². The molecule has 3 rings (SSSR count). The first kappa shape index (κ1) is 21.4. The van der Waals surface area contributed by atoms with E-state index in [0.29, 0.717) is 28.3 Å². The van der Waals surface area contributed by atoms with Crippen LogP contribution in [-0.2, 0) is 13.1 Å². The van der Waals surface area contributed by atoms with Crippen molar-refractivity contribution in [3.05, 3.63) is 65.0 Å². The van der Waals surface area contributed by atoms with Gasteiger partial charge in [0, 0.05) is 29.7 Å². The van der Waals surface area contributed by atoms with Crippen molar-refractivity contribution < 1.29 is 22.4 Å². The molecule has 0 aliphatic heterocycles. The van der Waals surface area contributed by atoms with E-state index in [0.717, 1.165) is 5.56 Å². The molecule has 0 radical (unpaired) electrons. The van der Waals surface area contributed by atoms with E-state index < -0.39 is 6.36 Å². The maximum absolute atomic E-state index is 12.5. The molecule has 158 valence electrons. The quantitative estimate of drug-likeness (QED) is 0.443. The van der Waals surface area contributed by atoms with Crippen LogP contribution in [0.1, 0.15) is 11.5 Å². The third-order valence-electron chi connectivity index (χ3n) is 3.85. The highest BCUT2D eigenvalue weighted by molar-refractivity contribution is 6.30. The molecule has 0 saturated heterocycles. The second-order valence-electron chi connectivity index (χ2n) is 5.95. The number of nitrogens with one attached hydrogen (secondary N) is 2. The monoisotopic (exact) mass is 439 g/mol. The molecule has 0 aliphatic rings. The van der Waals surface area contributed by atoms with Gasteiger partial charge in [0.1, 0.15) is 5.75 Å². The lowest BCUT2D eigenvalue weighted by Gasteiger charge is -2.15. The average molecular weight is 440 g/mol. The van der Waals surface area contributed by atoms with Crippen LogP contribution in [0.25, 0.3) is 11.4 Å². The Morgan fingerprint density at radius 2 is 1.80 bits per heavy atom. The Labute approximate surface area is 174 Å². The Balaban J connectivity index is 1.57.